The first-order chi connectivity index (χ1) is 15.8. The number of carbonyl (C=O) groups excluding carboxylic acids is 3. The molecule has 1 aromatic heterocycles. The predicted octanol–water partition coefficient (Wildman–Crippen LogP) is 0.917. The summed E-state index contributed by atoms with van der Waals surface area (Å²) in [5.74, 6) is -1.70. The zero-order valence-electron chi connectivity index (χ0n) is 17.6. The highest BCUT2D eigenvalue weighted by Gasteiger charge is 2.45. The Morgan fingerprint density at radius 1 is 0.939 bits per heavy atom. The molecule has 4 rings (SSSR count). The fraction of sp³-hybridized carbons (Fsp3) is 0.333. The lowest BCUT2D eigenvalue weighted by molar-refractivity contribution is -0.144. The molecule has 0 aliphatic carbocycles. The van der Waals surface area contributed by atoms with E-state index in [0.717, 1.165) is 14.7 Å². The zero-order valence-corrected chi connectivity index (χ0v) is 19.2. The summed E-state index contributed by atoms with van der Waals surface area (Å²) >= 11 is 1.52. The van der Waals surface area contributed by atoms with Gasteiger partial charge in [-0.1, -0.05) is 6.07 Å². The Hall–Kier alpha value is -3.11. The first-order valence-corrected chi connectivity index (χ1v) is 12.6. The Balaban J connectivity index is 1.34. The Kier molecular flexibility index (Phi) is 6.57. The summed E-state index contributed by atoms with van der Waals surface area (Å²) in [4.78, 5) is 42.1. The fourth-order valence-electron chi connectivity index (χ4n) is 3.71. The van der Waals surface area contributed by atoms with Crippen LogP contribution in [-0.2, 0) is 26.0 Å². The van der Waals surface area contributed by atoms with E-state index in [1.54, 1.807) is 4.90 Å². The molecule has 2 aliphatic heterocycles. The van der Waals surface area contributed by atoms with Crippen molar-refractivity contribution in [1.82, 2.24) is 19.0 Å². The number of amides is 4. The molecule has 0 N–H and O–H groups in total. The van der Waals surface area contributed by atoms with Crippen molar-refractivity contribution in [3.8, 4) is 6.07 Å². The number of benzene rings is 1. The van der Waals surface area contributed by atoms with E-state index in [0.29, 0.717) is 25.1 Å². The number of carbonyl (C=O) groups is 3. The second-order valence-electron chi connectivity index (χ2n) is 7.60. The van der Waals surface area contributed by atoms with Gasteiger partial charge in [-0.05, 0) is 35.7 Å². The summed E-state index contributed by atoms with van der Waals surface area (Å²) in [7, 11) is -3.72. The maximum Gasteiger partial charge on any atom is 0.335 e. The van der Waals surface area contributed by atoms with Gasteiger partial charge in [0, 0.05) is 44.0 Å². The van der Waals surface area contributed by atoms with Gasteiger partial charge in [-0.3, -0.25) is 19.4 Å². The number of hydrogen-bond acceptors (Lipinski definition) is 8. The van der Waals surface area contributed by atoms with Gasteiger partial charge in [-0.25, -0.2) is 18.1 Å². The molecular formula is C21H21N5O5S2. The predicted molar refractivity (Wildman–Crippen MR) is 118 cm³/mol. The van der Waals surface area contributed by atoms with E-state index in [1.807, 2.05) is 23.6 Å². The number of nitrogens with zero attached hydrogens (tertiary/aromatic N) is 5. The Morgan fingerprint density at radius 3 is 2.21 bits per heavy atom. The number of hydrogen-bond donors (Lipinski definition) is 0. The number of thiophene rings is 1. The zero-order chi connectivity index (χ0) is 23.6. The Bertz CT molecular complexity index is 1200. The first-order valence-electron chi connectivity index (χ1n) is 10.2. The number of sulfonamides is 1. The van der Waals surface area contributed by atoms with Crippen LogP contribution in [0.25, 0.3) is 0 Å². The van der Waals surface area contributed by atoms with Crippen LogP contribution < -0.4 is 0 Å². The third-order valence-corrected chi connectivity index (χ3v) is 8.44. The van der Waals surface area contributed by atoms with Gasteiger partial charge in [0.05, 0.1) is 23.2 Å². The smallest absolute Gasteiger partial charge is 0.283 e. The summed E-state index contributed by atoms with van der Waals surface area (Å²) in [5, 5.41) is 10.8. The van der Waals surface area contributed by atoms with Crippen LogP contribution in [0, 0.1) is 11.3 Å². The topological polar surface area (TPSA) is 122 Å². The molecule has 3 heterocycles. The molecule has 0 bridgehead atoms. The molecule has 33 heavy (non-hydrogen) atoms. The van der Waals surface area contributed by atoms with Gasteiger partial charge in [0.1, 0.15) is 0 Å². The summed E-state index contributed by atoms with van der Waals surface area (Å²) < 4.78 is 27.0. The van der Waals surface area contributed by atoms with Crippen LogP contribution >= 0.6 is 11.3 Å². The number of rotatable bonds is 7. The van der Waals surface area contributed by atoms with Crippen LogP contribution in [0.4, 0.5) is 4.79 Å². The van der Waals surface area contributed by atoms with Crippen molar-refractivity contribution in [2.24, 2.45) is 0 Å². The largest absolute Gasteiger partial charge is 0.335 e. The highest BCUT2D eigenvalue weighted by Crippen LogP contribution is 2.20. The molecule has 0 radical (unpaired) electrons. The second-order valence-corrected chi connectivity index (χ2v) is 10.6. The molecule has 4 amide bonds. The molecule has 0 atom stereocenters. The average molecular weight is 488 g/mol. The molecule has 12 heteroatoms. The molecule has 1 aromatic carbocycles. The Morgan fingerprint density at radius 2 is 1.61 bits per heavy atom. The lowest BCUT2D eigenvalue weighted by Gasteiger charge is -2.35. The van der Waals surface area contributed by atoms with E-state index in [2.05, 4.69) is 0 Å². The summed E-state index contributed by atoms with van der Waals surface area (Å²) in [6, 6.07) is 10.8. The van der Waals surface area contributed by atoms with Gasteiger partial charge < -0.3 is 0 Å². The van der Waals surface area contributed by atoms with E-state index in [1.165, 1.54) is 39.9 Å². The number of nitriles is 1. The van der Waals surface area contributed by atoms with Crippen molar-refractivity contribution >= 4 is 39.2 Å². The van der Waals surface area contributed by atoms with Gasteiger partial charge in [-0.15, -0.1) is 11.3 Å². The first kappa shape index (κ1) is 23.1. The quantitative estimate of drug-likeness (QED) is 0.420. The van der Waals surface area contributed by atoms with Gasteiger partial charge in [0.25, 0.3) is 0 Å². The van der Waals surface area contributed by atoms with Crippen molar-refractivity contribution in [1.29, 1.82) is 5.26 Å². The van der Waals surface area contributed by atoms with Crippen LogP contribution in [0.5, 0.6) is 0 Å². The molecule has 0 saturated carbocycles. The normalized spacial score (nSPS) is 18.2. The van der Waals surface area contributed by atoms with Gasteiger partial charge in [-0.2, -0.15) is 9.57 Å². The van der Waals surface area contributed by atoms with E-state index in [4.69, 9.17) is 5.26 Å². The number of imide groups is 2. The second kappa shape index (κ2) is 9.40. The third-order valence-electron chi connectivity index (χ3n) is 5.59. The standard InChI is InChI=1S/C21H21N5O5S2/c22-14-16-3-5-18(6-4-16)33(30,31)24-11-9-23(10-12-24)15-26-20(28)19(27)25(21(26)29)8-7-17-2-1-13-32-17/h1-6,13H,7-12,15H2. The van der Waals surface area contributed by atoms with Gasteiger partial charge in [0.15, 0.2) is 0 Å². The molecule has 172 valence electrons. The van der Waals surface area contributed by atoms with E-state index < -0.39 is 27.9 Å². The third kappa shape index (κ3) is 4.67. The molecule has 2 fully saturated rings. The monoisotopic (exact) mass is 487 g/mol. The minimum absolute atomic E-state index is 0.0658. The SMILES string of the molecule is N#Cc1ccc(S(=O)(=O)N2CCN(CN3C(=O)C(=O)N(CCc4cccs4)C3=O)CC2)cc1. The lowest BCUT2D eigenvalue weighted by atomic mass is 10.2. The van der Waals surface area contributed by atoms with Crippen LogP contribution in [-0.4, -0.2) is 84.7 Å². The maximum absolute atomic E-state index is 12.9. The van der Waals surface area contributed by atoms with Gasteiger partial charge >= 0.3 is 17.8 Å². The summed E-state index contributed by atoms with van der Waals surface area (Å²) in [6.45, 7) is 1.02. The molecule has 2 aromatic rings. The molecule has 0 spiro atoms. The van der Waals surface area contributed by atoms with Crippen molar-refractivity contribution in [3.05, 3.63) is 52.2 Å². The van der Waals surface area contributed by atoms with Crippen LogP contribution in [0.2, 0.25) is 0 Å². The van der Waals surface area contributed by atoms with Crippen molar-refractivity contribution in [3.63, 3.8) is 0 Å². The maximum atomic E-state index is 12.9. The summed E-state index contributed by atoms with van der Waals surface area (Å²) in [5.41, 5.74) is 0.373. The number of urea groups is 1. The van der Waals surface area contributed by atoms with Crippen LogP contribution in [0.15, 0.2) is 46.7 Å². The van der Waals surface area contributed by atoms with Crippen LogP contribution in [0.1, 0.15) is 10.4 Å². The van der Waals surface area contributed by atoms with Gasteiger partial charge in [0.2, 0.25) is 10.0 Å². The average Bonchev–Trinajstić information content (AvgIpc) is 3.41. The lowest BCUT2D eigenvalue weighted by Crippen LogP contribution is -2.52. The molecule has 2 aliphatic rings. The van der Waals surface area contributed by atoms with E-state index in [-0.39, 0.29) is 31.2 Å². The molecule has 10 nitrogen and oxygen atoms in total. The molecular weight excluding hydrogens is 466 g/mol. The Labute approximate surface area is 195 Å². The van der Waals surface area contributed by atoms with E-state index >= 15 is 0 Å². The fourth-order valence-corrected chi connectivity index (χ4v) is 5.83. The van der Waals surface area contributed by atoms with Crippen molar-refractivity contribution in [2.75, 3.05) is 39.4 Å². The molecule has 2 saturated heterocycles. The number of piperazine rings is 1. The highest BCUT2D eigenvalue weighted by molar-refractivity contribution is 7.89. The highest BCUT2D eigenvalue weighted by atomic mass is 32.2. The molecule has 0 unspecified atom stereocenters. The minimum Gasteiger partial charge on any atom is -0.283 e. The van der Waals surface area contributed by atoms with E-state index in [9.17, 15) is 22.8 Å². The van der Waals surface area contributed by atoms with Crippen LogP contribution in [0.3, 0.4) is 0 Å². The van der Waals surface area contributed by atoms with Crippen molar-refractivity contribution < 1.29 is 22.8 Å². The van der Waals surface area contributed by atoms with Crippen molar-refractivity contribution in [2.45, 2.75) is 11.3 Å². The minimum atomic E-state index is -3.72. The summed E-state index contributed by atoms with van der Waals surface area (Å²) in [6.07, 6.45) is 0.488.